The van der Waals surface area contributed by atoms with Crippen LogP contribution >= 0.6 is 11.8 Å². The average Bonchev–Trinajstić information content (AvgIpc) is 2.92. The van der Waals surface area contributed by atoms with Gasteiger partial charge in [0.15, 0.2) is 11.0 Å². The summed E-state index contributed by atoms with van der Waals surface area (Å²) < 4.78 is 1.80. The van der Waals surface area contributed by atoms with Crippen molar-refractivity contribution in [2.24, 2.45) is 13.0 Å². The van der Waals surface area contributed by atoms with Crippen LogP contribution in [0.5, 0.6) is 0 Å². The van der Waals surface area contributed by atoms with Gasteiger partial charge < -0.3 is 9.88 Å². The van der Waals surface area contributed by atoms with Crippen LogP contribution in [0.2, 0.25) is 0 Å². The molecule has 0 atom stereocenters. The van der Waals surface area contributed by atoms with Gasteiger partial charge in [0.25, 0.3) is 0 Å². The third-order valence-electron chi connectivity index (χ3n) is 3.03. The summed E-state index contributed by atoms with van der Waals surface area (Å²) >= 11 is 1.22. The predicted octanol–water partition coefficient (Wildman–Crippen LogP) is 1.45. The number of urea groups is 1. The number of hydrogen-bond donors (Lipinski definition) is 2. The fraction of sp³-hybridized carbons (Fsp3) is 0.400. The number of nitrogens with one attached hydrogen (secondary N) is 2. The Balaban J connectivity index is 1.88. The van der Waals surface area contributed by atoms with Crippen LogP contribution in [-0.4, -0.2) is 44.0 Å². The maximum Gasteiger partial charge on any atom is 0.321 e. The Morgan fingerprint density at radius 2 is 1.96 bits per heavy atom. The number of thioether (sulfide) groups is 1. The molecule has 0 fully saturated rings. The monoisotopic (exact) mass is 348 g/mol. The number of nitrogens with zero attached hydrogens (tertiary/aromatic N) is 4. The van der Waals surface area contributed by atoms with Crippen molar-refractivity contribution in [1.82, 2.24) is 30.4 Å². The molecule has 128 valence electrons. The summed E-state index contributed by atoms with van der Waals surface area (Å²) in [7, 11) is 1.82. The smallest absolute Gasteiger partial charge is 0.321 e. The van der Waals surface area contributed by atoms with Crippen molar-refractivity contribution in [1.29, 1.82) is 0 Å². The fourth-order valence-corrected chi connectivity index (χ4v) is 2.54. The Kier molecular flexibility index (Phi) is 6.30. The highest BCUT2D eigenvalue weighted by atomic mass is 32.2. The van der Waals surface area contributed by atoms with E-state index < -0.39 is 6.03 Å². The number of amides is 3. The molecule has 0 spiro atoms. The van der Waals surface area contributed by atoms with E-state index in [0.717, 1.165) is 5.56 Å². The van der Waals surface area contributed by atoms with E-state index in [2.05, 4.69) is 25.8 Å². The Morgan fingerprint density at radius 1 is 1.25 bits per heavy atom. The van der Waals surface area contributed by atoms with Gasteiger partial charge in [-0.1, -0.05) is 25.6 Å². The molecule has 3 amide bonds. The van der Waals surface area contributed by atoms with E-state index in [9.17, 15) is 9.59 Å². The zero-order chi connectivity index (χ0) is 17.5. The van der Waals surface area contributed by atoms with Crippen LogP contribution in [0.15, 0.2) is 29.7 Å². The fourth-order valence-electron chi connectivity index (χ4n) is 1.83. The number of aromatic nitrogens is 4. The summed E-state index contributed by atoms with van der Waals surface area (Å²) in [4.78, 5) is 27.3. The molecular formula is C15H20N6O2S. The molecule has 0 bridgehead atoms. The molecule has 0 saturated carbocycles. The normalized spacial score (nSPS) is 10.7. The Hall–Kier alpha value is -2.42. The van der Waals surface area contributed by atoms with Crippen molar-refractivity contribution in [3.8, 4) is 11.4 Å². The van der Waals surface area contributed by atoms with Gasteiger partial charge in [0, 0.05) is 31.5 Å². The second-order valence-corrected chi connectivity index (χ2v) is 6.48. The maximum absolute atomic E-state index is 11.8. The van der Waals surface area contributed by atoms with E-state index in [1.54, 1.807) is 17.0 Å². The van der Waals surface area contributed by atoms with Gasteiger partial charge in [0.1, 0.15) is 0 Å². The van der Waals surface area contributed by atoms with Crippen LogP contribution in [0.25, 0.3) is 11.4 Å². The molecular weight excluding hydrogens is 328 g/mol. The lowest BCUT2D eigenvalue weighted by Crippen LogP contribution is -2.41. The molecule has 0 aliphatic carbocycles. The average molecular weight is 348 g/mol. The van der Waals surface area contributed by atoms with Gasteiger partial charge in [-0.3, -0.25) is 15.1 Å². The standard InChI is InChI=1S/C15H20N6O2S/c1-10(2)8-17-14(23)18-12(22)9-24-15-20-19-13(21(15)3)11-4-6-16-7-5-11/h4-7,10H,8-9H2,1-3H3,(H2,17,18,22,23). The molecule has 8 nitrogen and oxygen atoms in total. The second-order valence-electron chi connectivity index (χ2n) is 5.54. The molecule has 0 aromatic carbocycles. The van der Waals surface area contributed by atoms with Crippen LogP contribution in [-0.2, 0) is 11.8 Å². The zero-order valence-corrected chi connectivity index (χ0v) is 14.6. The van der Waals surface area contributed by atoms with Gasteiger partial charge >= 0.3 is 6.03 Å². The Labute approximate surface area is 144 Å². The molecule has 0 saturated heterocycles. The third kappa shape index (κ3) is 5.05. The molecule has 0 radical (unpaired) electrons. The van der Waals surface area contributed by atoms with E-state index in [4.69, 9.17) is 0 Å². The van der Waals surface area contributed by atoms with Crippen molar-refractivity contribution in [2.75, 3.05) is 12.3 Å². The zero-order valence-electron chi connectivity index (χ0n) is 13.8. The first-order chi connectivity index (χ1) is 11.5. The topological polar surface area (TPSA) is 102 Å². The molecule has 0 aliphatic heterocycles. The Bertz CT molecular complexity index is 701. The molecule has 9 heteroatoms. The van der Waals surface area contributed by atoms with Gasteiger partial charge in [-0.2, -0.15) is 0 Å². The van der Waals surface area contributed by atoms with Gasteiger partial charge in [-0.25, -0.2) is 4.79 Å². The number of rotatable bonds is 6. The van der Waals surface area contributed by atoms with E-state index in [1.807, 2.05) is 33.0 Å². The second kappa shape index (κ2) is 8.44. The van der Waals surface area contributed by atoms with Crippen molar-refractivity contribution in [3.63, 3.8) is 0 Å². The highest BCUT2D eigenvalue weighted by Gasteiger charge is 2.14. The summed E-state index contributed by atoms with van der Waals surface area (Å²) in [5, 5.41) is 13.7. The van der Waals surface area contributed by atoms with Crippen molar-refractivity contribution < 1.29 is 9.59 Å². The third-order valence-corrected chi connectivity index (χ3v) is 4.05. The van der Waals surface area contributed by atoms with E-state index in [-0.39, 0.29) is 11.7 Å². The highest BCUT2D eigenvalue weighted by Crippen LogP contribution is 2.21. The number of imide groups is 1. The summed E-state index contributed by atoms with van der Waals surface area (Å²) in [6.07, 6.45) is 3.36. The van der Waals surface area contributed by atoms with Gasteiger partial charge in [0.2, 0.25) is 5.91 Å². The number of carbonyl (C=O) groups excluding carboxylic acids is 2. The summed E-state index contributed by atoms with van der Waals surface area (Å²) in [5.41, 5.74) is 0.893. The largest absolute Gasteiger partial charge is 0.338 e. The lowest BCUT2D eigenvalue weighted by molar-refractivity contribution is -0.117. The number of carbonyl (C=O) groups is 2. The van der Waals surface area contributed by atoms with E-state index in [0.29, 0.717) is 23.4 Å². The van der Waals surface area contributed by atoms with Crippen molar-refractivity contribution in [3.05, 3.63) is 24.5 Å². The lowest BCUT2D eigenvalue weighted by Gasteiger charge is -2.08. The molecule has 2 aromatic rings. The first-order valence-electron chi connectivity index (χ1n) is 7.47. The summed E-state index contributed by atoms with van der Waals surface area (Å²) in [6, 6.07) is 3.19. The highest BCUT2D eigenvalue weighted by molar-refractivity contribution is 7.99. The van der Waals surface area contributed by atoms with Crippen molar-refractivity contribution in [2.45, 2.75) is 19.0 Å². The van der Waals surface area contributed by atoms with Gasteiger partial charge in [-0.15, -0.1) is 10.2 Å². The van der Waals surface area contributed by atoms with Crippen LogP contribution in [0.4, 0.5) is 4.79 Å². The molecule has 0 aliphatic rings. The van der Waals surface area contributed by atoms with E-state index in [1.165, 1.54) is 11.8 Å². The van der Waals surface area contributed by atoms with Crippen LogP contribution in [0.3, 0.4) is 0 Å². The van der Waals surface area contributed by atoms with E-state index >= 15 is 0 Å². The molecule has 2 aromatic heterocycles. The molecule has 24 heavy (non-hydrogen) atoms. The van der Waals surface area contributed by atoms with Crippen LogP contribution in [0, 0.1) is 5.92 Å². The maximum atomic E-state index is 11.8. The van der Waals surface area contributed by atoms with Gasteiger partial charge in [-0.05, 0) is 18.1 Å². The first kappa shape index (κ1) is 17.9. The number of hydrogen-bond acceptors (Lipinski definition) is 6. The quantitative estimate of drug-likeness (QED) is 0.766. The van der Waals surface area contributed by atoms with Crippen LogP contribution < -0.4 is 10.6 Å². The molecule has 2 N–H and O–H groups in total. The van der Waals surface area contributed by atoms with Crippen LogP contribution in [0.1, 0.15) is 13.8 Å². The number of pyridine rings is 1. The van der Waals surface area contributed by atoms with Crippen molar-refractivity contribution >= 4 is 23.7 Å². The molecule has 0 unspecified atom stereocenters. The minimum absolute atomic E-state index is 0.0808. The molecule has 2 heterocycles. The summed E-state index contributed by atoms with van der Waals surface area (Å²) in [5.74, 6) is 0.715. The van der Waals surface area contributed by atoms with Gasteiger partial charge in [0.05, 0.1) is 5.75 Å². The SMILES string of the molecule is CC(C)CNC(=O)NC(=O)CSc1nnc(-c2ccncc2)n1C. The first-order valence-corrected chi connectivity index (χ1v) is 8.46. The Morgan fingerprint density at radius 3 is 2.62 bits per heavy atom. The predicted molar refractivity (Wildman–Crippen MR) is 91.3 cm³/mol. The summed E-state index contributed by atoms with van der Waals surface area (Å²) in [6.45, 7) is 4.48. The lowest BCUT2D eigenvalue weighted by atomic mass is 10.2. The molecule has 2 rings (SSSR count). The minimum atomic E-state index is -0.482. The minimum Gasteiger partial charge on any atom is -0.338 e.